The molecular formula is C15H9F2N. The van der Waals surface area contributed by atoms with E-state index in [2.05, 4.69) is 0 Å². The van der Waals surface area contributed by atoms with Gasteiger partial charge in [-0.25, -0.2) is 8.78 Å². The summed E-state index contributed by atoms with van der Waals surface area (Å²) in [7, 11) is 0. The van der Waals surface area contributed by atoms with Gasteiger partial charge in [0.25, 0.3) is 0 Å². The molecule has 2 aromatic carbocycles. The molecule has 0 bridgehead atoms. The third-order valence-corrected chi connectivity index (χ3v) is 2.46. The molecule has 3 heteroatoms. The van der Waals surface area contributed by atoms with Crippen LogP contribution in [0, 0.1) is 23.0 Å². The van der Waals surface area contributed by atoms with E-state index >= 15 is 0 Å². The summed E-state index contributed by atoms with van der Waals surface area (Å²) in [4.78, 5) is 0. The van der Waals surface area contributed by atoms with Gasteiger partial charge in [0.15, 0.2) is 0 Å². The van der Waals surface area contributed by atoms with Crippen LogP contribution in [0.2, 0.25) is 0 Å². The van der Waals surface area contributed by atoms with Crippen molar-refractivity contribution in [3.63, 3.8) is 0 Å². The van der Waals surface area contributed by atoms with E-state index in [-0.39, 0.29) is 5.57 Å². The van der Waals surface area contributed by atoms with Crippen molar-refractivity contribution in [1.82, 2.24) is 0 Å². The molecule has 0 aliphatic carbocycles. The second kappa shape index (κ2) is 5.24. The predicted molar refractivity (Wildman–Crippen MR) is 66.3 cm³/mol. The lowest BCUT2D eigenvalue weighted by molar-refractivity contribution is 0.625. The van der Waals surface area contributed by atoms with E-state index in [4.69, 9.17) is 5.26 Å². The molecule has 0 spiro atoms. The first kappa shape index (κ1) is 12.0. The number of allylic oxidation sites excluding steroid dienone is 1. The number of benzene rings is 2. The van der Waals surface area contributed by atoms with Crippen molar-refractivity contribution < 1.29 is 8.78 Å². The topological polar surface area (TPSA) is 23.8 Å². The van der Waals surface area contributed by atoms with Gasteiger partial charge in [-0.05, 0) is 29.8 Å². The van der Waals surface area contributed by atoms with E-state index in [1.807, 2.05) is 6.07 Å². The Balaban J connectivity index is 2.47. The van der Waals surface area contributed by atoms with Gasteiger partial charge in [-0.1, -0.05) is 30.3 Å². The monoisotopic (exact) mass is 241 g/mol. The van der Waals surface area contributed by atoms with Crippen molar-refractivity contribution >= 4 is 11.6 Å². The van der Waals surface area contributed by atoms with E-state index in [0.29, 0.717) is 11.1 Å². The molecule has 0 atom stereocenters. The van der Waals surface area contributed by atoms with E-state index in [9.17, 15) is 8.78 Å². The van der Waals surface area contributed by atoms with Gasteiger partial charge in [0, 0.05) is 5.56 Å². The van der Waals surface area contributed by atoms with Gasteiger partial charge in [-0.2, -0.15) is 5.26 Å². The highest BCUT2D eigenvalue weighted by Crippen LogP contribution is 2.19. The standard InChI is InChI=1S/C15H9F2N/c16-14-6-3-5-11(9-14)13(10-18)8-12-4-1-2-7-15(12)17/h1-9H/b13-8-. The van der Waals surface area contributed by atoms with Crippen LogP contribution in [0.25, 0.3) is 11.6 Å². The summed E-state index contributed by atoms with van der Waals surface area (Å²) in [6.45, 7) is 0. The van der Waals surface area contributed by atoms with Gasteiger partial charge in [0.2, 0.25) is 0 Å². The molecule has 0 saturated carbocycles. The van der Waals surface area contributed by atoms with Crippen LogP contribution in [0.5, 0.6) is 0 Å². The van der Waals surface area contributed by atoms with Gasteiger partial charge in [0.05, 0.1) is 11.6 Å². The Hall–Kier alpha value is -2.47. The zero-order valence-electron chi connectivity index (χ0n) is 9.40. The highest BCUT2D eigenvalue weighted by atomic mass is 19.1. The molecule has 0 fully saturated rings. The van der Waals surface area contributed by atoms with Crippen LogP contribution in [0.3, 0.4) is 0 Å². The number of nitrogens with zero attached hydrogens (tertiary/aromatic N) is 1. The van der Waals surface area contributed by atoms with Gasteiger partial charge in [-0.15, -0.1) is 0 Å². The van der Waals surface area contributed by atoms with Crippen LogP contribution in [0.4, 0.5) is 8.78 Å². The first-order valence-electron chi connectivity index (χ1n) is 5.33. The highest BCUT2D eigenvalue weighted by Gasteiger charge is 2.04. The van der Waals surface area contributed by atoms with Crippen LogP contribution in [0.1, 0.15) is 11.1 Å². The lowest BCUT2D eigenvalue weighted by Gasteiger charge is -2.01. The van der Waals surface area contributed by atoms with Gasteiger partial charge < -0.3 is 0 Å². The lowest BCUT2D eigenvalue weighted by atomic mass is 10.0. The molecule has 0 aliphatic heterocycles. The average molecular weight is 241 g/mol. The minimum absolute atomic E-state index is 0.222. The molecule has 0 radical (unpaired) electrons. The summed E-state index contributed by atoms with van der Waals surface area (Å²) in [5.41, 5.74) is 0.957. The molecule has 0 N–H and O–H groups in total. The molecule has 1 nitrogen and oxygen atoms in total. The Kier molecular flexibility index (Phi) is 3.49. The van der Waals surface area contributed by atoms with Crippen molar-refractivity contribution in [1.29, 1.82) is 5.26 Å². The fourth-order valence-electron chi connectivity index (χ4n) is 1.58. The van der Waals surface area contributed by atoms with Crippen LogP contribution in [-0.4, -0.2) is 0 Å². The van der Waals surface area contributed by atoms with E-state index < -0.39 is 11.6 Å². The molecule has 0 aliphatic rings. The lowest BCUT2D eigenvalue weighted by Crippen LogP contribution is -1.86. The predicted octanol–water partition coefficient (Wildman–Crippen LogP) is 4.03. The number of rotatable bonds is 2. The van der Waals surface area contributed by atoms with Crippen LogP contribution < -0.4 is 0 Å². The Morgan fingerprint density at radius 2 is 1.83 bits per heavy atom. The Morgan fingerprint density at radius 1 is 1.06 bits per heavy atom. The molecule has 2 aromatic rings. The van der Waals surface area contributed by atoms with Gasteiger partial charge in [-0.3, -0.25) is 0 Å². The maximum atomic E-state index is 13.5. The van der Waals surface area contributed by atoms with Crippen molar-refractivity contribution in [3.05, 3.63) is 71.3 Å². The quantitative estimate of drug-likeness (QED) is 0.575. The summed E-state index contributed by atoms with van der Waals surface area (Å²) in [5, 5.41) is 9.06. The van der Waals surface area contributed by atoms with Gasteiger partial charge >= 0.3 is 0 Å². The fourth-order valence-corrected chi connectivity index (χ4v) is 1.58. The van der Waals surface area contributed by atoms with Crippen LogP contribution in [-0.2, 0) is 0 Å². The van der Waals surface area contributed by atoms with Gasteiger partial charge in [0.1, 0.15) is 11.6 Å². The zero-order valence-corrected chi connectivity index (χ0v) is 9.40. The molecule has 0 aromatic heterocycles. The second-order valence-electron chi connectivity index (χ2n) is 3.70. The molecule has 0 unspecified atom stereocenters. The van der Waals surface area contributed by atoms with Crippen molar-refractivity contribution in [2.45, 2.75) is 0 Å². The summed E-state index contributed by atoms with van der Waals surface area (Å²) in [6.07, 6.45) is 1.41. The number of nitriles is 1. The molecule has 18 heavy (non-hydrogen) atoms. The van der Waals surface area contributed by atoms with Crippen LogP contribution >= 0.6 is 0 Å². The van der Waals surface area contributed by atoms with E-state index in [1.54, 1.807) is 24.3 Å². The molecular weight excluding hydrogens is 232 g/mol. The summed E-state index contributed by atoms with van der Waals surface area (Å²) in [5.74, 6) is -0.844. The molecule has 0 amide bonds. The first-order chi connectivity index (χ1) is 8.70. The van der Waals surface area contributed by atoms with Crippen molar-refractivity contribution in [2.75, 3.05) is 0 Å². The van der Waals surface area contributed by atoms with Crippen molar-refractivity contribution in [2.24, 2.45) is 0 Å². The maximum Gasteiger partial charge on any atom is 0.130 e. The summed E-state index contributed by atoms with van der Waals surface area (Å²) in [6, 6.07) is 13.7. The van der Waals surface area contributed by atoms with Crippen LogP contribution in [0.15, 0.2) is 48.5 Å². The average Bonchev–Trinajstić information content (AvgIpc) is 2.38. The number of halogens is 2. The smallest absolute Gasteiger partial charge is 0.130 e. The molecule has 2 rings (SSSR count). The molecule has 0 heterocycles. The summed E-state index contributed by atoms with van der Waals surface area (Å²) >= 11 is 0. The molecule has 88 valence electrons. The maximum absolute atomic E-state index is 13.5. The Bertz CT molecular complexity index is 639. The minimum atomic E-state index is -0.429. The third-order valence-electron chi connectivity index (χ3n) is 2.46. The summed E-state index contributed by atoms with van der Waals surface area (Å²) < 4.78 is 26.5. The third kappa shape index (κ3) is 2.61. The Labute approximate surface area is 104 Å². The Morgan fingerprint density at radius 3 is 2.50 bits per heavy atom. The number of hydrogen-bond acceptors (Lipinski definition) is 1. The fraction of sp³-hybridized carbons (Fsp3) is 0. The SMILES string of the molecule is N#C/C(=C/c1ccccc1F)c1cccc(F)c1. The van der Waals surface area contributed by atoms with Crippen molar-refractivity contribution in [3.8, 4) is 6.07 Å². The largest absolute Gasteiger partial charge is 0.207 e. The van der Waals surface area contributed by atoms with E-state index in [0.717, 1.165) is 0 Å². The first-order valence-corrected chi connectivity index (χ1v) is 5.33. The van der Waals surface area contributed by atoms with E-state index in [1.165, 1.54) is 30.3 Å². The normalized spacial score (nSPS) is 11.1. The second-order valence-corrected chi connectivity index (χ2v) is 3.70. The molecule has 0 saturated heterocycles. The highest BCUT2D eigenvalue weighted by molar-refractivity contribution is 5.89. The zero-order chi connectivity index (χ0) is 13.0. The number of hydrogen-bond donors (Lipinski definition) is 0. The minimum Gasteiger partial charge on any atom is -0.207 e.